The van der Waals surface area contributed by atoms with E-state index < -0.39 is 49.3 Å². The van der Waals surface area contributed by atoms with Crippen LogP contribution in [-0.4, -0.2) is 53.9 Å². The Labute approximate surface area is 234 Å². The summed E-state index contributed by atoms with van der Waals surface area (Å²) in [5, 5.41) is 26.3. The van der Waals surface area contributed by atoms with Gasteiger partial charge in [-0.1, -0.05) is 68.7 Å². The van der Waals surface area contributed by atoms with E-state index in [1.165, 1.54) is 6.07 Å². The van der Waals surface area contributed by atoms with Gasteiger partial charge >= 0.3 is 0 Å². The Balaban J connectivity index is 1.61. The molecule has 0 radical (unpaired) electrons. The lowest BCUT2D eigenvalue weighted by atomic mass is 9.69. The number of allylic oxidation sites excluding steroid dienone is 2. The normalized spacial score (nSPS) is 28.6. The van der Waals surface area contributed by atoms with Gasteiger partial charge in [0.25, 0.3) is 0 Å². The number of aliphatic hydroxyl groups is 1. The van der Waals surface area contributed by atoms with Gasteiger partial charge in [0.15, 0.2) is 37.2 Å². The van der Waals surface area contributed by atoms with Crippen LogP contribution in [0.25, 0.3) is 0 Å². The van der Waals surface area contributed by atoms with Gasteiger partial charge in [-0.25, -0.2) is 0 Å². The van der Waals surface area contributed by atoms with Crippen molar-refractivity contribution < 1.29 is 29.0 Å². The van der Waals surface area contributed by atoms with Crippen LogP contribution in [0.4, 0.5) is 5.69 Å². The molecule has 5 atom stereocenters. The number of epoxide rings is 1. The second-order valence-corrected chi connectivity index (χ2v) is 15.5. The van der Waals surface area contributed by atoms with Crippen LogP contribution in [-0.2, 0) is 14.8 Å². The molecule has 3 N–H and O–H groups in total. The van der Waals surface area contributed by atoms with Crippen LogP contribution < -0.4 is 5.32 Å². The second kappa shape index (κ2) is 9.19. The van der Waals surface area contributed by atoms with Crippen LogP contribution in [0.15, 0.2) is 42.5 Å². The van der Waals surface area contributed by atoms with E-state index in [9.17, 15) is 19.8 Å². The van der Waals surface area contributed by atoms with Gasteiger partial charge < -0.3 is 24.7 Å². The lowest BCUT2D eigenvalue weighted by molar-refractivity contribution is 0.0966. The first-order valence-electron chi connectivity index (χ1n) is 13.8. The van der Waals surface area contributed by atoms with Gasteiger partial charge in [0.05, 0.1) is 22.9 Å². The second-order valence-electron chi connectivity index (χ2n) is 10.8. The van der Waals surface area contributed by atoms with Gasteiger partial charge in [-0.05, 0) is 43.3 Å². The number of ether oxygens (including phenoxy) is 1. The zero-order valence-corrected chi connectivity index (χ0v) is 23.9. The zero-order valence-electron chi connectivity index (χ0n) is 22.9. The summed E-state index contributed by atoms with van der Waals surface area (Å²) in [5.74, 6) is 10.8. The van der Waals surface area contributed by atoms with Crippen LogP contribution in [0.3, 0.4) is 0 Å². The fourth-order valence-corrected chi connectivity index (χ4v) is 9.76. The van der Waals surface area contributed by atoms with Crippen molar-refractivity contribution in [3.05, 3.63) is 70.3 Å². The number of anilines is 1. The number of phenolic OH excluding ortho intramolecular Hbond substituents is 1. The van der Waals surface area contributed by atoms with E-state index in [1.807, 2.05) is 6.92 Å². The van der Waals surface area contributed by atoms with Crippen molar-refractivity contribution in [2.75, 3.05) is 5.32 Å². The first-order chi connectivity index (χ1) is 19.2. The number of fused-ring (bicyclic) bond motifs is 4. The molecule has 7 nitrogen and oxygen atoms in total. The molecule has 0 saturated carbocycles. The Morgan fingerprint density at radius 3 is 2.25 bits per heavy atom. The first kappa shape index (κ1) is 26.6. The van der Waals surface area contributed by atoms with E-state index in [2.05, 4.69) is 49.8 Å². The van der Waals surface area contributed by atoms with Gasteiger partial charge in [0.2, 0.25) is 0 Å². The molecule has 1 saturated heterocycles. The number of ketones is 2. The number of aromatic hydroxyl groups is 1. The highest BCUT2D eigenvalue weighted by Gasteiger charge is 2.82. The van der Waals surface area contributed by atoms with E-state index in [0.717, 1.165) is 18.1 Å². The molecule has 1 fully saturated rings. The lowest BCUT2D eigenvalue weighted by Crippen LogP contribution is -2.57. The van der Waals surface area contributed by atoms with Crippen molar-refractivity contribution in [1.29, 1.82) is 0 Å². The van der Waals surface area contributed by atoms with E-state index >= 15 is 0 Å². The number of hydrogen-bond acceptors (Lipinski definition) is 7. The monoisotopic (exact) mass is 553 g/mol. The Kier molecular flexibility index (Phi) is 6.10. The van der Waals surface area contributed by atoms with Crippen LogP contribution in [0.1, 0.15) is 65.1 Å². The molecule has 2 aliphatic heterocycles. The molecule has 204 valence electrons. The minimum Gasteiger partial charge on any atom is -0.507 e. The number of carbonyl (C=O) groups excluding carboxylic acids is 2. The maximum atomic E-state index is 13.9. The minimum absolute atomic E-state index is 0.0507. The Bertz CT molecular complexity index is 1610. The molecule has 8 heteroatoms. The molecule has 40 heavy (non-hydrogen) atoms. The number of nitrogens with one attached hydrogen (secondary N) is 1. The van der Waals surface area contributed by atoms with Crippen LogP contribution >= 0.6 is 0 Å². The molecular weight excluding hydrogens is 522 g/mol. The lowest BCUT2D eigenvalue weighted by Gasteiger charge is -2.41. The smallest absolute Gasteiger partial charge is 0.198 e. The third-order valence-corrected chi connectivity index (χ3v) is 13.9. The molecule has 2 aliphatic carbocycles. The predicted octanol–water partition coefficient (Wildman–Crippen LogP) is 4.27. The van der Waals surface area contributed by atoms with E-state index in [-0.39, 0.29) is 28.0 Å². The summed E-state index contributed by atoms with van der Waals surface area (Å²) in [4.78, 5) is 27.4. The van der Waals surface area contributed by atoms with Gasteiger partial charge in [-0.15, -0.1) is 0 Å². The van der Waals surface area contributed by atoms with Crippen molar-refractivity contribution >= 4 is 25.6 Å². The largest absolute Gasteiger partial charge is 0.507 e. The predicted molar refractivity (Wildman–Crippen MR) is 153 cm³/mol. The van der Waals surface area contributed by atoms with Crippen molar-refractivity contribution in [3.63, 3.8) is 0 Å². The van der Waals surface area contributed by atoms with Crippen molar-refractivity contribution in [2.45, 2.75) is 75.3 Å². The Hall–Kier alpha value is -3.66. The molecule has 0 unspecified atom stereocenters. The zero-order chi connectivity index (χ0) is 28.4. The first-order valence-corrected chi connectivity index (χ1v) is 16.3. The SMILES string of the molecule is CC[Si](CC)(CC)O[C@H](C)[C@@]12O[C@]13c1cc(O)c4c(c1N[C@H]2C#C/C=C\C#C[C@H]3O)C(=O)c1ccccc1C4=O. The topological polar surface area (TPSA) is 108 Å². The average molecular weight is 554 g/mol. The summed E-state index contributed by atoms with van der Waals surface area (Å²) in [6.07, 6.45) is 1.33. The molecule has 2 heterocycles. The quantitative estimate of drug-likeness (QED) is 0.181. The van der Waals surface area contributed by atoms with E-state index in [4.69, 9.17) is 9.16 Å². The molecule has 0 aromatic heterocycles. The van der Waals surface area contributed by atoms with Crippen molar-refractivity contribution in [2.24, 2.45) is 0 Å². The van der Waals surface area contributed by atoms with E-state index in [0.29, 0.717) is 11.3 Å². The molecule has 2 aromatic rings. The summed E-state index contributed by atoms with van der Waals surface area (Å²) in [6.45, 7) is 8.37. The van der Waals surface area contributed by atoms with Crippen LogP contribution in [0.5, 0.6) is 5.75 Å². The standard InChI is InChI=1S/C32H31NO6Si/c1-5-40(6-2,7-3)38-19(4)31-24-16-10-8-9-11-17-25(35)32(31,39-31)22-18-23(34)26-27(28(22)33-24)30(37)21-15-13-12-14-20(21)29(26)36/h8-9,12-15,18-19,24-25,33-35H,5-7H2,1-4H3/b9-8-/t19-,24+,25-,31+,32+/m1/s1. The summed E-state index contributed by atoms with van der Waals surface area (Å²) in [6, 6.07) is 10.0. The molecule has 2 bridgehead atoms. The maximum Gasteiger partial charge on any atom is 0.198 e. The van der Waals surface area contributed by atoms with Gasteiger partial charge in [0.1, 0.15) is 11.8 Å². The summed E-state index contributed by atoms with van der Waals surface area (Å²) in [7, 11) is -2.13. The van der Waals surface area contributed by atoms with Gasteiger partial charge in [-0.2, -0.15) is 0 Å². The highest BCUT2D eigenvalue weighted by atomic mass is 28.4. The number of aliphatic hydroxyl groups excluding tert-OH is 1. The molecular formula is C32H31NO6Si. The number of phenols is 1. The highest BCUT2D eigenvalue weighted by Crippen LogP contribution is 2.68. The molecule has 4 aliphatic rings. The third kappa shape index (κ3) is 3.31. The van der Waals surface area contributed by atoms with Gasteiger partial charge in [0, 0.05) is 16.7 Å². The minimum atomic E-state index is -2.13. The molecule has 2 aromatic carbocycles. The Morgan fingerprint density at radius 2 is 1.62 bits per heavy atom. The van der Waals surface area contributed by atoms with Crippen molar-refractivity contribution in [3.8, 4) is 29.4 Å². The third-order valence-electron chi connectivity index (χ3n) is 9.21. The summed E-state index contributed by atoms with van der Waals surface area (Å²) in [5.41, 5.74) is -1.47. The average Bonchev–Trinajstić information content (AvgIpc) is 3.70. The number of rotatable bonds is 6. The van der Waals surface area contributed by atoms with E-state index in [1.54, 1.807) is 36.4 Å². The molecule has 6 rings (SSSR count). The van der Waals surface area contributed by atoms with Crippen LogP contribution in [0.2, 0.25) is 18.1 Å². The van der Waals surface area contributed by atoms with Crippen molar-refractivity contribution in [1.82, 2.24) is 0 Å². The highest BCUT2D eigenvalue weighted by molar-refractivity contribution is 6.73. The summed E-state index contributed by atoms with van der Waals surface area (Å²) < 4.78 is 13.6. The van der Waals surface area contributed by atoms with Crippen LogP contribution in [0, 0.1) is 23.7 Å². The number of carbonyl (C=O) groups is 2. The number of hydrogen-bond donors (Lipinski definition) is 3. The fraction of sp³-hybridized carbons (Fsp3) is 0.375. The number of benzene rings is 2. The molecule has 0 amide bonds. The fourth-order valence-electron chi connectivity index (χ4n) is 6.83. The molecule has 0 spiro atoms. The van der Waals surface area contributed by atoms with Gasteiger partial charge in [-0.3, -0.25) is 9.59 Å². The Morgan fingerprint density at radius 1 is 1.02 bits per heavy atom. The maximum absolute atomic E-state index is 13.9. The summed E-state index contributed by atoms with van der Waals surface area (Å²) >= 11 is 0.